The van der Waals surface area contributed by atoms with Gasteiger partial charge >= 0.3 is 0 Å². The molecule has 0 radical (unpaired) electrons. The molecule has 0 aromatic heterocycles. The Morgan fingerprint density at radius 3 is 1.97 bits per heavy atom. The minimum atomic E-state index is -4.11. The van der Waals surface area contributed by atoms with Gasteiger partial charge < -0.3 is 14.8 Å². The molecule has 196 valence electrons. The molecule has 1 fully saturated rings. The van der Waals surface area contributed by atoms with Gasteiger partial charge in [0.1, 0.15) is 17.5 Å². The van der Waals surface area contributed by atoms with Gasteiger partial charge in [0.15, 0.2) is 0 Å². The molecule has 1 saturated heterocycles. The van der Waals surface area contributed by atoms with Crippen molar-refractivity contribution < 1.29 is 31.1 Å². The number of sulfonamides is 2. The number of nitrogens with one attached hydrogen (secondary N) is 1. The number of hydrogen-bond acceptors (Lipinski definition) is 7. The van der Waals surface area contributed by atoms with Crippen LogP contribution in [0.2, 0.25) is 0 Å². The molecule has 1 N–H and O–H groups in total. The monoisotopic (exact) mass is 545 g/mol. The molecule has 10 nitrogen and oxygen atoms in total. The first-order valence-corrected chi connectivity index (χ1v) is 14.2. The largest absolute Gasteiger partial charge is 0.497 e. The molecule has 1 aliphatic rings. The molecule has 3 aromatic carbocycles. The van der Waals surface area contributed by atoms with Gasteiger partial charge in [-0.15, -0.1) is 0 Å². The van der Waals surface area contributed by atoms with Crippen molar-refractivity contribution >= 4 is 31.6 Å². The topological polar surface area (TPSA) is 122 Å². The van der Waals surface area contributed by atoms with Crippen LogP contribution in [0.25, 0.3) is 0 Å². The standard InChI is InChI=1S/C25H27N3O7S2/c1-34-19-13-14-22(24(17-19)35-2)26-25(29)23-18-27(36(30,31)20-9-5-3-6-10-20)15-16-28(23)37(32,33)21-11-7-4-8-12-21/h3-14,17,23H,15-16,18H2,1-2H3,(H,26,29). The fourth-order valence-corrected chi connectivity index (χ4v) is 7.10. The number of carbonyl (C=O) groups excluding carboxylic acids is 1. The average molecular weight is 546 g/mol. The lowest BCUT2D eigenvalue weighted by molar-refractivity contribution is -0.120. The van der Waals surface area contributed by atoms with E-state index < -0.39 is 32.0 Å². The van der Waals surface area contributed by atoms with E-state index in [2.05, 4.69) is 5.32 Å². The number of benzene rings is 3. The molecule has 37 heavy (non-hydrogen) atoms. The number of methoxy groups -OCH3 is 2. The van der Waals surface area contributed by atoms with Crippen molar-refractivity contribution in [3.8, 4) is 11.5 Å². The van der Waals surface area contributed by atoms with Crippen LogP contribution in [-0.2, 0) is 24.8 Å². The van der Waals surface area contributed by atoms with E-state index in [9.17, 15) is 21.6 Å². The Hall–Kier alpha value is -3.45. The van der Waals surface area contributed by atoms with E-state index in [1.807, 2.05) is 0 Å². The summed E-state index contributed by atoms with van der Waals surface area (Å²) in [5, 5.41) is 2.70. The Morgan fingerprint density at radius 2 is 1.41 bits per heavy atom. The Bertz CT molecular complexity index is 1460. The van der Waals surface area contributed by atoms with E-state index in [1.54, 1.807) is 54.6 Å². The average Bonchev–Trinajstić information content (AvgIpc) is 2.93. The molecule has 4 rings (SSSR count). The van der Waals surface area contributed by atoms with Crippen molar-refractivity contribution in [2.45, 2.75) is 15.8 Å². The Kier molecular flexibility index (Phi) is 7.83. The van der Waals surface area contributed by atoms with E-state index >= 15 is 0 Å². The van der Waals surface area contributed by atoms with Crippen molar-refractivity contribution in [3.05, 3.63) is 78.9 Å². The van der Waals surface area contributed by atoms with Crippen molar-refractivity contribution in [3.63, 3.8) is 0 Å². The van der Waals surface area contributed by atoms with Gasteiger partial charge in [0.2, 0.25) is 26.0 Å². The minimum Gasteiger partial charge on any atom is -0.497 e. The van der Waals surface area contributed by atoms with Crippen molar-refractivity contribution in [2.75, 3.05) is 39.2 Å². The van der Waals surface area contributed by atoms with Crippen LogP contribution in [0.4, 0.5) is 5.69 Å². The molecule has 1 atom stereocenters. The van der Waals surface area contributed by atoms with Crippen LogP contribution in [0.3, 0.4) is 0 Å². The number of anilines is 1. The minimum absolute atomic E-state index is 0.00851. The zero-order chi connectivity index (χ0) is 26.6. The maximum atomic E-state index is 13.6. The van der Waals surface area contributed by atoms with E-state index in [1.165, 1.54) is 38.5 Å². The fraction of sp³-hybridized carbons (Fsp3) is 0.240. The summed E-state index contributed by atoms with van der Waals surface area (Å²) < 4.78 is 66.4. The molecule has 1 heterocycles. The summed E-state index contributed by atoms with van der Waals surface area (Å²) in [7, 11) is -5.16. The number of hydrogen-bond donors (Lipinski definition) is 1. The van der Waals surface area contributed by atoms with Crippen molar-refractivity contribution in [1.29, 1.82) is 0 Å². The first kappa shape index (κ1) is 26.6. The molecule has 0 aliphatic carbocycles. The van der Waals surface area contributed by atoms with Crippen LogP contribution >= 0.6 is 0 Å². The summed E-state index contributed by atoms with van der Waals surface area (Å²) in [6, 6.07) is 18.9. The summed E-state index contributed by atoms with van der Waals surface area (Å²) in [5.74, 6) is 0.103. The lowest BCUT2D eigenvalue weighted by Gasteiger charge is -2.39. The molecule has 12 heteroatoms. The highest BCUT2D eigenvalue weighted by Gasteiger charge is 2.43. The highest BCUT2D eigenvalue weighted by Crippen LogP contribution is 2.31. The second-order valence-corrected chi connectivity index (χ2v) is 12.0. The van der Waals surface area contributed by atoms with Gasteiger partial charge in [-0.3, -0.25) is 4.79 Å². The third kappa shape index (κ3) is 5.47. The van der Waals surface area contributed by atoms with E-state index in [0.717, 1.165) is 8.61 Å². The molecule has 1 aliphatic heterocycles. The zero-order valence-electron chi connectivity index (χ0n) is 20.3. The van der Waals surface area contributed by atoms with Crippen LogP contribution in [0.1, 0.15) is 0 Å². The number of amides is 1. The van der Waals surface area contributed by atoms with Gasteiger partial charge in [-0.2, -0.15) is 8.61 Å². The Labute approximate surface area is 216 Å². The van der Waals surface area contributed by atoms with Gasteiger partial charge in [0, 0.05) is 25.7 Å². The van der Waals surface area contributed by atoms with Crippen LogP contribution in [-0.4, -0.2) is 71.2 Å². The van der Waals surface area contributed by atoms with Gasteiger partial charge in [-0.1, -0.05) is 36.4 Å². The van der Waals surface area contributed by atoms with Crippen LogP contribution in [0.5, 0.6) is 11.5 Å². The lowest BCUT2D eigenvalue weighted by Crippen LogP contribution is -2.60. The molecule has 0 spiro atoms. The molecule has 1 unspecified atom stereocenters. The molecular formula is C25H27N3O7S2. The second-order valence-electron chi connectivity index (χ2n) is 8.18. The molecule has 1 amide bonds. The van der Waals surface area contributed by atoms with Gasteiger partial charge in [-0.05, 0) is 36.4 Å². The van der Waals surface area contributed by atoms with Gasteiger partial charge in [-0.25, -0.2) is 16.8 Å². The Balaban J connectivity index is 1.70. The van der Waals surface area contributed by atoms with Crippen LogP contribution in [0, 0.1) is 0 Å². The molecular weight excluding hydrogens is 518 g/mol. The third-order valence-electron chi connectivity index (χ3n) is 5.99. The van der Waals surface area contributed by atoms with Crippen LogP contribution in [0.15, 0.2) is 88.7 Å². The SMILES string of the molecule is COc1ccc(NC(=O)C2CN(S(=O)(=O)c3ccccc3)CCN2S(=O)(=O)c2ccccc2)c(OC)c1. The smallest absolute Gasteiger partial charge is 0.244 e. The van der Waals surface area contributed by atoms with Crippen molar-refractivity contribution in [2.24, 2.45) is 0 Å². The van der Waals surface area contributed by atoms with E-state index in [0.29, 0.717) is 11.5 Å². The van der Waals surface area contributed by atoms with Gasteiger partial charge in [0.05, 0.1) is 29.7 Å². The normalized spacial score (nSPS) is 17.2. The highest BCUT2D eigenvalue weighted by molar-refractivity contribution is 7.89. The predicted molar refractivity (Wildman–Crippen MR) is 137 cm³/mol. The first-order chi connectivity index (χ1) is 17.7. The fourth-order valence-electron chi connectivity index (χ4n) is 4.05. The third-order valence-corrected chi connectivity index (χ3v) is 9.80. The zero-order valence-corrected chi connectivity index (χ0v) is 21.9. The maximum Gasteiger partial charge on any atom is 0.244 e. The van der Waals surface area contributed by atoms with E-state index in [4.69, 9.17) is 9.47 Å². The molecule has 0 bridgehead atoms. The number of ether oxygens (including phenoxy) is 2. The number of rotatable bonds is 8. The second kappa shape index (κ2) is 10.9. The molecule has 3 aromatic rings. The van der Waals surface area contributed by atoms with E-state index in [-0.39, 0.29) is 35.1 Å². The lowest BCUT2D eigenvalue weighted by atomic mass is 10.2. The van der Waals surface area contributed by atoms with Gasteiger partial charge in [0.25, 0.3) is 0 Å². The number of carbonyl (C=O) groups is 1. The maximum absolute atomic E-state index is 13.6. The quantitative estimate of drug-likeness (QED) is 0.461. The molecule has 0 saturated carbocycles. The summed E-state index contributed by atoms with van der Waals surface area (Å²) in [6.07, 6.45) is 0. The predicted octanol–water partition coefficient (Wildman–Crippen LogP) is 2.41. The van der Waals surface area contributed by atoms with Crippen molar-refractivity contribution in [1.82, 2.24) is 8.61 Å². The summed E-state index contributed by atoms with van der Waals surface area (Å²) in [4.78, 5) is 13.6. The number of nitrogens with zero attached hydrogens (tertiary/aromatic N) is 2. The summed E-state index contributed by atoms with van der Waals surface area (Å²) in [5.41, 5.74) is 0.286. The summed E-state index contributed by atoms with van der Waals surface area (Å²) >= 11 is 0. The highest BCUT2D eigenvalue weighted by atomic mass is 32.2. The number of piperazine rings is 1. The van der Waals surface area contributed by atoms with Crippen LogP contribution < -0.4 is 14.8 Å². The summed E-state index contributed by atoms with van der Waals surface area (Å²) in [6.45, 7) is -0.687. The first-order valence-electron chi connectivity index (χ1n) is 11.3. The Morgan fingerprint density at radius 1 is 0.811 bits per heavy atom.